The maximum Gasteiger partial charge on any atom is 0.340 e. The van der Waals surface area contributed by atoms with Crippen LogP contribution in [0.15, 0.2) is 42.5 Å². The van der Waals surface area contributed by atoms with Crippen molar-refractivity contribution in [2.24, 2.45) is 0 Å². The Morgan fingerprint density at radius 3 is 2.00 bits per heavy atom. The van der Waals surface area contributed by atoms with Gasteiger partial charge in [0.15, 0.2) is 0 Å². The van der Waals surface area contributed by atoms with Crippen molar-refractivity contribution in [2.45, 2.75) is 77.4 Å². The molecule has 2 aromatic carbocycles. The van der Waals surface area contributed by atoms with Gasteiger partial charge >= 0.3 is 5.97 Å². The van der Waals surface area contributed by atoms with Gasteiger partial charge in [0.2, 0.25) is 0 Å². The SMILES string of the molecule is CC(C)[Si](Oc1c(CCCc2ccccc2)ccc(Cl)c1C(=O)O)(C(C)C)C(C)C. The number of hydrogen-bond acceptors (Lipinski definition) is 2. The predicted molar refractivity (Wildman–Crippen MR) is 129 cm³/mol. The zero-order chi connectivity index (χ0) is 22.5. The molecule has 164 valence electrons. The van der Waals surface area contributed by atoms with Crippen molar-refractivity contribution in [3.05, 3.63) is 64.2 Å². The quantitative estimate of drug-likeness (QED) is 0.379. The standard InChI is InChI=1S/C25H35ClO3Si/c1-17(2)30(18(3)4,19(5)6)29-24-21(15-16-22(26)23(24)25(27)28)14-10-13-20-11-8-7-9-12-20/h7-9,11-12,15-19H,10,13-14H2,1-6H3,(H,27,28). The van der Waals surface area contributed by atoms with Crippen LogP contribution >= 0.6 is 11.6 Å². The lowest BCUT2D eigenvalue weighted by Crippen LogP contribution is -2.51. The van der Waals surface area contributed by atoms with Crippen LogP contribution in [0.25, 0.3) is 0 Å². The predicted octanol–water partition coefficient (Wildman–Crippen LogP) is 7.77. The van der Waals surface area contributed by atoms with E-state index in [2.05, 4.69) is 53.7 Å². The molecule has 0 fully saturated rings. The van der Waals surface area contributed by atoms with E-state index in [1.165, 1.54) is 5.56 Å². The first kappa shape index (κ1) is 24.5. The van der Waals surface area contributed by atoms with Gasteiger partial charge in [-0.1, -0.05) is 89.5 Å². The molecule has 3 nitrogen and oxygen atoms in total. The Morgan fingerprint density at radius 2 is 1.50 bits per heavy atom. The monoisotopic (exact) mass is 446 g/mol. The summed E-state index contributed by atoms with van der Waals surface area (Å²) in [6, 6.07) is 14.0. The largest absolute Gasteiger partial charge is 0.542 e. The van der Waals surface area contributed by atoms with Gasteiger partial charge in [0, 0.05) is 0 Å². The highest BCUT2D eigenvalue weighted by Crippen LogP contribution is 2.45. The molecule has 0 spiro atoms. The van der Waals surface area contributed by atoms with Gasteiger partial charge in [-0.2, -0.15) is 0 Å². The van der Waals surface area contributed by atoms with Crippen LogP contribution in [0.2, 0.25) is 21.6 Å². The smallest absolute Gasteiger partial charge is 0.340 e. The molecule has 2 rings (SSSR count). The number of carboxylic acid groups (broad SMARTS) is 1. The summed E-state index contributed by atoms with van der Waals surface area (Å²) >= 11 is 6.35. The van der Waals surface area contributed by atoms with Gasteiger partial charge in [0.25, 0.3) is 8.32 Å². The minimum absolute atomic E-state index is 0.104. The molecule has 2 aromatic rings. The molecule has 0 aromatic heterocycles. The van der Waals surface area contributed by atoms with Gasteiger partial charge in [-0.3, -0.25) is 0 Å². The summed E-state index contributed by atoms with van der Waals surface area (Å²) in [6.45, 7) is 13.2. The van der Waals surface area contributed by atoms with E-state index in [0.29, 0.717) is 22.4 Å². The lowest BCUT2D eigenvalue weighted by atomic mass is 10.0. The van der Waals surface area contributed by atoms with Gasteiger partial charge in [-0.25, -0.2) is 4.79 Å². The lowest BCUT2D eigenvalue weighted by Gasteiger charge is -2.43. The van der Waals surface area contributed by atoms with Crippen LogP contribution in [0.4, 0.5) is 0 Å². The number of aryl methyl sites for hydroxylation is 2. The second-order valence-corrected chi connectivity index (χ2v) is 14.8. The molecule has 0 radical (unpaired) electrons. The molecule has 30 heavy (non-hydrogen) atoms. The first-order chi connectivity index (χ1) is 14.1. The van der Waals surface area contributed by atoms with Gasteiger partial charge in [0.05, 0.1) is 5.02 Å². The summed E-state index contributed by atoms with van der Waals surface area (Å²) in [4.78, 5) is 12.1. The highest BCUT2D eigenvalue weighted by Gasteiger charge is 2.48. The van der Waals surface area contributed by atoms with Crippen LogP contribution in [-0.4, -0.2) is 19.4 Å². The van der Waals surface area contributed by atoms with E-state index < -0.39 is 14.3 Å². The molecule has 0 atom stereocenters. The van der Waals surface area contributed by atoms with E-state index in [-0.39, 0.29) is 10.6 Å². The zero-order valence-corrected chi connectivity index (χ0v) is 20.8. The lowest BCUT2D eigenvalue weighted by molar-refractivity contribution is 0.0694. The maximum absolute atomic E-state index is 12.1. The van der Waals surface area contributed by atoms with Gasteiger partial charge in [-0.15, -0.1) is 0 Å². The average molecular weight is 447 g/mol. The van der Waals surface area contributed by atoms with E-state index in [9.17, 15) is 9.90 Å². The number of hydrogen-bond donors (Lipinski definition) is 1. The molecule has 1 N–H and O–H groups in total. The Labute approximate surface area is 187 Å². The van der Waals surface area contributed by atoms with Crippen molar-refractivity contribution in [3.63, 3.8) is 0 Å². The molecule has 0 heterocycles. The third-order valence-corrected chi connectivity index (χ3v) is 12.4. The van der Waals surface area contributed by atoms with Crippen LogP contribution < -0.4 is 4.43 Å². The van der Waals surface area contributed by atoms with Crippen LogP contribution in [0.1, 0.15) is 69.4 Å². The Hall–Kier alpha value is -1.78. The number of aromatic carboxylic acids is 1. The highest BCUT2D eigenvalue weighted by molar-refractivity contribution is 6.78. The topological polar surface area (TPSA) is 46.5 Å². The van der Waals surface area contributed by atoms with Crippen molar-refractivity contribution in [2.75, 3.05) is 0 Å². The summed E-state index contributed by atoms with van der Waals surface area (Å²) in [5.41, 5.74) is 3.35. The Kier molecular flexibility index (Phi) is 8.57. The highest BCUT2D eigenvalue weighted by atomic mass is 35.5. The molecular formula is C25H35ClO3Si. The Morgan fingerprint density at radius 1 is 0.933 bits per heavy atom. The third kappa shape index (κ3) is 5.28. The van der Waals surface area contributed by atoms with Gasteiger partial charge in [0.1, 0.15) is 11.3 Å². The van der Waals surface area contributed by atoms with E-state index in [0.717, 1.165) is 24.8 Å². The first-order valence-electron chi connectivity index (χ1n) is 10.9. The number of carboxylic acids is 1. The second kappa shape index (κ2) is 10.5. The fraction of sp³-hybridized carbons (Fsp3) is 0.480. The minimum Gasteiger partial charge on any atom is -0.542 e. The van der Waals surface area contributed by atoms with Crippen molar-refractivity contribution in [1.82, 2.24) is 0 Å². The summed E-state index contributed by atoms with van der Waals surface area (Å²) in [5, 5.41) is 10.2. The van der Waals surface area contributed by atoms with E-state index >= 15 is 0 Å². The Bertz CT molecular complexity index is 825. The summed E-state index contributed by atoms with van der Waals surface area (Å²) in [6.07, 6.45) is 2.60. The summed E-state index contributed by atoms with van der Waals surface area (Å²) < 4.78 is 6.87. The zero-order valence-electron chi connectivity index (χ0n) is 19.0. The molecule has 0 amide bonds. The maximum atomic E-state index is 12.1. The second-order valence-electron chi connectivity index (χ2n) is 8.97. The summed E-state index contributed by atoms with van der Waals surface area (Å²) in [7, 11) is -2.33. The van der Waals surface area contributed by atoms with Crippen molar-refractivity contribution in [1.29, 1.82) is 0 Å². The molecule has 0 aliphatic carbocycles. The van der Waals surface area contributed by atoms with Crippen LogP contribution in [0, 0.1) is 0 Å². The Balaban J connectivity index is 2.46. The number of carbonyl (C=O) groups is 1. The van der Waals surface area contributed by atoms with E-state index in [1.807, 2.05) is 24.3 Å². The third-order valence-electron chi connectivity index (χ3n) is 6.14. The fourth-order valence-electron chi connectivity index (χ4n) is 4.77. The number of halogens is 1. The number of rotatable bonds is 10. The van der Waals surface area contributed by atoms with Crippen LogP contribution in [0.5, 0.6) is 5.75 Å². The van der Waals surface area contributed by atoms with Crippen molar-refractivity contribution < 1.29 is 14.3 Å². The molecule has 0 aliphatic rings. The minimum atomic E-state index is -2.33. The van der Waals surface area contributed by atoms with Crippen molar-refractivity contribution in [3.8, 4) is 5.75 Å². The van der Waals surface area contributed by atoms with E-state index in [1.54, 1.807) is 6.07 Å². The molecular weight excluding hydrogens is 412 g/mol. The van der Waals surface area contributed by atoms with Crippen LogP contribution in [0.3, 0.4) is 0 Å². The van der Waals surface area contributed by atoms with Crippen molar-refractivity contribution >= 4 is 25.9 Å². The normalized spacial score (nSPS) is 12.1. The molecule has 0 bridgehead atoms. The first-order valence-corrected chi connectivity index (χ1v) is 13.4. The number of benzene rings is 2. The summed E-state index contributed by atoms with van der Waals surface area (Å²) in [5.74, 6) is -0.537. The van der Waals surface area contributed by atoms with Gasteiger partial charge < -0.3 is 9.53 Å². The molecule has 0 unspecified atom stereocenters. The molecule has 0 aliphatic heterocycles. The van der Waals surface area contributed by atoms with E-state index in [4.69, 9.17) is 16.0 Å². The fourth-order valence-corrected chi connectivity index (χ4v) is 10.3. The average Bonchev–Trinajstić information content (AvgIpc) is 2.67. The van der Waals surface area contributed by atoms with Crippen LogP contribution in [-0.2, 0) is 12.8 Å². The molecule has 5 heteroatoms. The molecule has 0 saturated carbocycles. The van der Waals surface area contributed by atoms with Gasteiger partial charge in [-0.05, 0) is 53.1 Å². The molecule has 0 saturated heterocycles.